The van der Waals surface area contributed by atoms with E-state index in [1.165, 1.54) is 23.4 Å². The highest BCUT2D eigenvalue weighted by Crippen LogP contribution is 2.26. The van der Waals surface area contributed by atoms with Gasteiger partial charge < -0.3 is 4.42 Å². The van der Waals surface area contributed by atoms with Crippen LogP contribution in [-0.4, -0.2) is 30.7 Å². The van der Waals surface area contributed by atoms with Crippen LogP contribution in [0.2, 0.25) is 0 Å². The molecule has 1 aliphatic heterocycles. The van der Waals surface area contributed by atoms with Crippen LogP contribution < -0.4 is 11.2 Å². The van der Waals surface area contributed by atoms with E-state index < -0.39 is 5.69 Å². The Morgan fingerprint density at radius 3 is 2.76 bits per heavy atom. The molecular formula is C16H18N4O4S. The molecule has 0 saturated heterocycles. The Balaban J connectivity index is 1.66. The Bertz CT molecular complexity index is 983. The highest BCUT2D eigenvalue weighted by molar-refractivity contribution is 8.14. The molecule has 0 unspecified atom stereocenters. The van der Waals surface area contributed by atoms with Gasteiger partial charge in [0.05, 0.1) is 28.5 Å². The molecule has 0 amide bonds. The fourth-order valence-corrected chi connectivity index (χ4v) is 3.40. The van der Waals surface area contributed by atoms with Crippen molar-refractivity contribution in [1.82, 2.24) is 14.1 Å². The lowest BCUT2D eigenvalue weighted by Crippen LogP contribution is -2.38. The van der Waals surface area contributed by atoms with Crippen LogP contribution in [0.25, 0.3) is 0 Å². The number of carbonyl (C=O) groups is 1. The normalized spacial score (nSPS) is 13.0. The zero-order valence-electron chi connectivity index (χ0n) is 14.2. The van der Waals surface area contributed by atoms with Gasteiger partial charge in [-0.15, -0.1) is 11.8 Å². The average molecular weight is 362 g/mol. The molecule has 8 nitrogen and oxygen atoms in total. The minimum absolute atomic E-state index is 0.0325. The largest absolute Gasteiger partial charge is 0.448 e. The minimum atomic E-state index is -0.412. The molecule has 132 valence electrons. The van der Waals surface area contributed by atoms with Gasteiger partial charge in [0.1, 0.15) is 12.1 Å². The molecule has 0 fully saturated rings. The topological polar surface area (TPSA) is 99.5 Å². The second-order valence-corrected chi connectivity index (χ2v) is 6.83. The van der Waals surface area contributed by atoms with Gasteiger partial charge in [-0.3, -0.25) is 18.7 Å². The third kappa shape index (κ3) is 3.37. The Kier molecular flexibility index (Phi) is 4.76. The quantitative estimate of drug-likeness (QED) is 0.779. The number of thioether (sulfide) groups is 1. The van der Waals surface area contributed by atoms with E-state index in [4.69, 9.17) is 4.42 Å². The molecule has 0 atom stereocenters. The van der Waals surface area contributed by atoms with Crippen molar-refractivity contribution in [3.63, 3.8) is 0 Å². The van der Waals surface area contributed by atoms with E-state index in [1.54, 1.807) is 13.3 Å². The standard InChI is InChI=1S/C16H18N4O4S/c1-4-9-7-24-12(17-9)5-10(21)8-25-13-6-11-14(18-13)19(2)16(23)20(3)15(11)22/h7H,4-6,8H2,1-3H3. The zero-order chi connectivity index (χ0) is 18.1. The van der Waals surface area contributed by atoms with E-state index >= 15 is 0 Å². The molecule has 2 aromatic heterocycles. The Morgan fingerprint density at radius 2 is 2.08 bits per heavy atom. The first-order valence-electron chi connectivity index (χ1n) is 7.85. The number of carbonyl (C=O) groups excluding carboxylic acids is 1. The Labute approximate surface area is 147 Å². The van der Waals surface area contributed by atoms with Crippen LogP contribution in [0.3, 0.4) is 0 Å². The second kappa shape index (κ2) is 6.83. The molecule has 0 saturated carbocycles. The molecule has 1 aliphatic rings. The molecule has 0 N–H and O–H groups in total. The summed E-state index contributed by atoms with van der Waals surface area (Å²) in [6.45, 7) is 1.97. The number of hydrogen-bond donors (Lipinski definition) is 0. The molecule has 3 heterocycles. The van der Waals surface area contributed by atoms with E-state index in [1.807, 2.05) is 6.92 Å². The lowest BCUT2D eigenvalue weighted by atomic mass is 10.2. The lowest BCUT2D eigenvalue weighted by Gasteiger charge is -2.05. The number of oxazole rings is 1. The maximum atomic E-state index is 12.2. The van der Waals surface area contributed by atoms with Gasteiger partial charge in [-0.2, -0.15) is 0 Å². The van der Waals surface area contributed by atoms with Gasteiger partial charge in [0.2, 0.25) is 5.89 Å². The van der Waals surface area contributed by atoms with Crippen molar-refractivity contribution in [2.24, 2.45) is 19.1 Å². The Hall–Kier alpha value is -2.42. The highest BCUT2D eigenvalue weighted by atomic mass is 32.2. The smallest absolute Gasteiger partial charge is 0.332 e. The first-order valence-corrected chi connectivity index (χ1v) is 8.83. The number of nitrogens with zero attached hydrogens (tertiary/aromatic N) is 4. The van der Waals surface area contributed by atoms with E-state index in [-0.39, 0.29) is 23.5 Å². The third-order valence-electron chi connectivity index (χ3n) is 3.99. The molecule has 2 aromatic rings. The summed E-state index contributed by atoms with van der Waals surface area (Å²) in [5.74, 6) is 0.971. The number of fused-ring (bicyclic) bond motifs is 1. The van der Waals surface area contributed by atoms with E-state index in [0.717, 1.165) is 16.7 Å². The molecule has 25 heavy (non-hydrogen) atoms. The number of Topliss-reactive ketones (excluding diaryl/α,β-unsaturated/α-hetero) is 1. The number of aromatic nitrogens is 3. The molecular weight excluding hydrogens is 344 g/mol. The minimum Gasteiger partial charge on any atom is -0.448 e. The van der Waals surface area contributed by atoms with Crippen LogP contribution in [0.4, 0.5) is 5.82 Å². The third-order valence-corrected chi connectivity index (χ3v) is 5.03. The van der Waals surface area contributed by atoms with Crippen LogP contribution in [0.1, 0.15) is 24.1 Å². The van der Waals surface area contributed by atoms with Crippen molar-refractivity contribution in [2.75, 3.05) is 5.75 Å². The SMILES string of the molecule is CCc1coc(CC(=O)CSC2=Nc3c(c(=O)n(C)c(=O)n3C)C2)n1. The van der Waals surface area contributed by atoms with Crippen molar-refractivity contribution >= 4 is 28.4 Å². The van der Waals surface area contributed by atoms with Gasteiger partial charge in [-0.25, -0.2) is 14.8 Å². The predicted octanol–water partition coefficient (Wildman–Crippen LogP) is 0.765. The van der Waals surface area contributed by atoms with Gasteiger partial charge in [0, 0.05) is 20.5 Å². The summed E-state index contributed by atoms with van der Waals surface area (Å²) in [6.07, 6.45) is 2.79. The van der Waals surface area contributed by atoms with Crippen molar-refractivity contribution in [3.8, 4) is 0 Å². The summed E-state index contributed by atoms with van der Waals surface area (Å²) in [5.41, 5.74) is 0.559. The van der Waals surface area contributed by atoms with E-state index in [9.17, 15) is 14.4 Å². The van der Waals surface area contributed by atoms with Crippen LogP contribution in [-0.2, 0) is 38.2 Å². The van der Waals surface area contributed by atoms with Crippen molar-refractivity contribution in [2.45, 2.75) is 26.2 Å². The van der Waals surface area contributed by atoms with Crippen molar-refractivity contribution in [3.05, 3.63) is 44.2 Å². The average Bonchev–Trinajstić information content (AvgIpc) is 3.23. The summed E-state index contributed by atoms with van der Waals surface area (Å²) in [4.78, 5) is 44.7. The van der Waals surface area contributed by atoms with Crippen LogP contribution >= 0.6 is 11.8 Å². The fourth-order valence-electron chi connectivity index (χ4n) is 2.57. The lowest BCUT2D eigenvalue weighted by molar-refractivity contribution is -0.116. The van der Waals surface area contributed by atoms with E-state index in [2.05, 4.69) is 9.98 Å². The summed E-state index contributed by atoms with van der Waals surface area (Å²) in [7, 11) is 3.03. The highest BCUT2D eigenvalue weighted by Gasteiger charge is 2.24. The first-order chi connectivity index (χ1) is 11.9. The fraction of sp³-hybridized carbons (Fsp3) is 0.438. The Morgan fingerprint density at radius 1 is 1.32 bits per heavy atom. The summed E-state index contributed by atoms with van der Waals surface area (Å²) < 4.78 is 7.68. The van der Waals surface area contributed by atoms with Crippen molar-refractivity contribution in [1.29, 1.82) is 0 Å². The predicted molar refractivity (Wildman–Crippen MR) is 94.8 cm³/mol. The van der Waals surface area contributed by atoms with Crippen molar-refractivity contribution < 1.29 is 9.21 Å². The molecule has 0 aliphatic carbocycles. The van der Waals surface area contributed by atoms with Crippen LogP contribution in [0.15, 0.2) is 25.3 Å². The molecule has 3 rings (SSSR count). The van der Waals surface area contributed by atoms with Crippen LogP contribution in [0, 0.1) is 0 Å². The van der Waals surface area contributed by atoms with E-state index in [0.29, 0.717) is 28.7 Å². The van der Waals surface area contributed by atoms with Gasteiger partial charge in [-0.05, 0) is 6.42 Å². The molecule has 9 heteroatoms. The van der Waals surface area contributed by atoms with Crippen LogP contribution in [0.5, 0.6) is 0 Å². The van der Waals surface area contributed by atoms with Gasteiger partial charge in [0.25, 0.3) is 5.56 Å². The van der Waals surface area contributed by atoms with Gasteiger partial charge in [-0.1, -0.05) is 6.92 Å². The summed E-state index contributed by atoms with van der Waals surface area (Å²) in [6, 6.07) is 0. The second-order valence-electron chi connectivity index (χ2n) is 5.78. The number of hydrogen-bond acceptors (Lipinski definition) is 7. The number of aliphatic imine (C=N–C) groups is 1. The first kappa shape index (κ1) is 17.4. The summed E-state index contributed by atoms with van der Waals surface area (Å²) >= 11 is 1.28. The van der Waals surface area contributed by atoms with Gasteiger partial charge >= 0.3 is 5.69 Å². The summed E-state index contributed by atoms with van der Waals surface area (Å²) in [5, 5.41) is 0.656. The maximum Gasteiger partial charge on any atom is 0.332 e. The number of ketones is 1. The number of rotatable bonds is 5. The monoisotopic (exact) mass is 362 g/mol. The maximum absolute atomic E-state index is 12.2. The molecule has 0 bridgehead atoms. The van der Waals surface area contributed by atoms with Gasteiger partial charge in [0.15, 0.2) is 5.78 Å². The number of aryl methyl sites for hydroxylation is 1. The zero-order valence-corrected chi connectivity index (χ0v) is 15.1. The molecule has 0 aromatic carbocycles. The molecule has 0 spiro atoms. The molecule has 0 radical (unpaired) electrons.